The second kappa shape index (κ2) is 11.1. The molecule has 0 aliphatic carbocycles. The highest BCUT2D eigenvalue weighted by Gasteiger charge is 2.61. The van der Waals surface area contributed by atoms with E-state index < -0.39 is 54.6 Å². The lowest BCUT2D eigenvalue weighted by Gasteiger charge is -2.33. The zero-order valence-corrected chi connectivity index (χ0v) is 20.5. The lowest BCUT2D eigenvalue weighted by atomic mass is 9.96. The number of hydrogen-bond donors (Lipinski definition) is 0. The first-order valence-corrected chi connectivity index (χ1v) is 11.2. The number of benzene rings is 2. The molecular weight excluding hydrogens is 503 g/mol. The minimum atomic E-state index is -1.74. The molecule has 0 bridgehead atoms. The molecule has 186 valence electrons. The van der Waals surface area contributed by atoms with E-state index in [0.717, 1.165) is 13.8 Å². The molecule has 0 amide bonds. The van der Waals surface area contributed by atoms with Crippen LogP contribution >= 0.6 is 23.2 Å². The maximum Gasteiger partial charge on any atom is 0.338 e. The van der Waals surface area contributed by atoms with Gasteiger partial charge in [-0.05, 0) is 55.5 Å². The van der Waals surface area contributed by atoms with E-state index in [-0.39, 0.29) is 11.1 Å². The minimum Gasteiger partial charge on any atom is -0.459 e. The van der Waals surface area contributed by atoms with Crippen molar-refractivity contribution >= 4 is 47.1 Å². The monoisotopic (exact) mass is 524 g/mol. The lowest BCUT2D eigenvalue weighted by molar-refractivity contribution is -0.218. The summed E-state index contributed by atoms with van der Waals surface area (Å²) in [6, 6.07) is 11.9. The Kier molecular flexibility index (Phi) is 8.37. The molecule has 2 aromatic carbocycles. The van der Waals surface area contributed by atoms with Crippen LogP contribution in [0, 0.1) is 0 Å². The number of esters is 4. The van der Waals surface area contributed by atoms with E-state index in [0.29, 0.717) is 10.0 Å². The predicted molar refractivity (Wildman–Crippen MR) is 123 cm³/mol. The second-order valence-corrected chi connectivity index (χ2v) is 8.70. The van der Waals surface area contributed by atoms with Crippen molar-refractivity contribution in [3.05, 3.63) is 69.7 Å². The summed E-state index contributed by atoms with van der Waals surface area (Å²) in [6.07, 6.45) is -3.89. The maximum atomic E-state index is 12.9. The molecule has 0 N–H and O–H groups in total. The van der Waals surface area contributed by atoms with Gasteiger partial charge in [-0.2, -0.15) is 0 Å². The van der Waals surface area contributed by atoms with Gasteiger partial charge in [0.15, 0.2) is 6.10 Å². The van der Waals surface area contributed by atoms with E-state index in [1.165, 1.54) is 55.5 Å². The standard InChI is InChI=1S/C24H22Cl2O9/c1-13(27)32-23-24(3,35-14(2)28)20(34-22(30)16-6-10-18(26)11-7-16)19(33-23)12-31-21(29)15-4-8-17(25)9-5-15/h4-11,19-20,23H,12H2,1-3H3/t19-,20-,23+,24-/m1/s1. The highest BCUT2D eigenvalue weighted by molar-refractivity contribution is 6.31. The Bertz CT molecular complexity index is 1100. The van der Waals surface area contributed by atoms with Crippen molar-refractivity contribution < 1.29 is 42.9 Å². The quantitative estimate of drug-likeness (QED) is 0.391. The molecular formula is C24H22Cl2O9. The Morgan fingerprint density at radius 3 is 1.83 bits per heavy atom. The molecule has 0 saturated carbocycles. The maximum absolute atomic E-state index is 12.9. The summed E-state index contributed by atoms with van der Waals surface area (Å²) in [4.78, 5) is 48.9. The van der Waals surface area contributed by atoms with Crippen molar-refractivity contribution in [3.63, 3.8) is 0 Å². The van der Waals surface area contributed by atoms with Crippen molar-refractivity contribution in [2.75, 3.05) is 6.61 Å². The number of halogens is 2. The molecule has 0 aromatic heterocycles. The lowest BCUT2D eigenvalue weighted by Crippen LogP contribution is -2.52. The third-order valence-electron chi connectivity index (χ3n) is 5.08. The van der Waals surface area contributed by atoms with E-state index in [1.807, 2.05) is 0 Å². The van der Waals surface area contributed by atoms with Crippen LogP contribution in [0.2, 0.25) is 10.0 Å². The van der Waals surface area contributed by atoms with Crippen molar-refractivity contribution in [2.24, 2.45) is 0 Å². The van der Waals surface area contributed by atoms with Gasteiger partial charge in [0.25, 0.3) is 0 Å². The molecule has 1 saturated heterocycles. The fraction of sp³-hybridized carbons (Fsp3) is 0.333. The van der Waals surface area contributed by atoms with E-state index >= 15 is 0 Å². The summed E-state index contributed by atoms with van der Waals surface area (Å²) in [5, 5.41) is 0.855. The van der Waals surface area contributed by atoms with Crippen LogP contribution in [-0.2, 0) is 33.3 Å². The molecule has 9 nitrogen and oxygen atoms in total. The molecule has 1 aliphatic heterocycles. The van der Waals surface area contributed by atoms with Gasteiger partial charge < -0.3 is 23.7 Å². The fourth-order valence-corrected chi connectivity index (χ4v) is 3.75. The Hall–Kier alpha value is -3.14. The van der Waals surface area contributed by atoms with Crippen LogP contribution < -0.4 is 0 Å². The molecule has 1 fully saturated rings. The Balaban J connectivity index is 1.87. The van der Waals surface area contributed by atoms with Gasteiger partial charge in [-0.3, -0.25) is 9.59 Å². The van der Waals surface area contributed by atoms with Crippen molar-refractivity contribution in [2.45, 2.75) is 44.9 Å². The number of rotatable bonds is 7. The molecule has 3 rings (SSSR count). The zero-order valence-electron chi connectivity index (χ0n) is 19.0. The Labute approximate surface area is 211 Å². The van der Waals surface area contributed by atoms with Crippen LogP contribution in [0.25, 0.3) is 0 Å². The van der Waals surface area contributed by atoms with Gasteiger partial charge in [0, 0.05) is 23.9 Å². The van der Waals surface area contributed by atoms with Gasteiger partial charge >= 0.3 is 23.9 Å². The normalized spacial score (nSPS) is 23.3. The molecule has 0 spiro atoms. The highest BCUT2D eigenvalue weighted by Crippen LogP contribution is 2.38. The second-order valence-electron chi connectivity index (χ2n) is 7.83. The summed E-state index contributed by atoms with van der Waals surface area (Å²) in [5.74, 6) is -2.95. The van der Waals surface area contributed by atoms with Crippen LogP contribution in [0.5, 0.6) is 0 Å². The van der Waals surface area contributed by atoms with Gasteiger partial charge in [-0.15, -0.1) is 0 Å². The Morgan fingerprint density at radius 2 is 1.34 bits per heavy atom. The largest absolute Gasteiger partial charge is 0.459 e. The smallest absolute Gasteiger partial charge is 0.338 e. The Morgan fingerprint density at radius 1 is 0.829 bits per heavy atom. The van der Waals surface area contributed by atoms with E-state index in [9.17, 15) is 19.2 Å². The third-order valence-corrected chi connectivity index (χ3v) is 5.58. The summed E-state index contributed by atoms with van der Waals surface area (Å²) < 4.78 is 27.3. The summed E-state index contributed by atoms with van der Waals surface area (Å²) >= 11 is 11.7. The number of ether oxygens (including phenoxy) is 5. The van der Waals surface area contributed by atoms with Crippen LogP contribution in [0.1, 0.15) is 41.5 Å². The summed E-state index contributed by atoms with van der Waals surface area (Å²) in [6.45, 7) is 3.26. The number of carbonyl (C=O) groups excluding carboxylic acids is 4. The average molecular weight is 525 g/mol. The van der Waals surface area contributed by atoms with Gasteiger partial charge in [-0.25, -0.2) is 9.59 Å². The predicted octanol–water partition coefficient (Wildman–Crippen LogP) is 3.99. The molecule has 1 heterocycles. The average Bonchev–Trinajstić information content (AvgIpc) is 3.02. The van der Waals surface area contributed by atoms with Crippen LogP contribution in [0.3, 0.4) is 0 Å². The van der Waals surface area contributed by atoms with Crippen LogP contribution in [0.15, 0.2) is 48.5 Å². The van der Waals surface area contributed by atoms with E-state index in [1.54, 1.807) is 0 Å². The van der Waals surface area contributed by atoms with E-state index in [2.05, 4.69) is 0 Å². The molecule has 4 atom stereocenters. The molecule has 11 heteroatoms. The first kappa shape index (κ1) is 26.5. The highest BCUT2D eigenvalue weighted by atomic mass is 35.5. The molecule has 0 radical (unpaired) electrons. The van der Waals surface area contributed by atoms with Crippen LogP contribution in [-0.4, -0.2) is 54.6 Å². The first-order chi connectivity index (χ1) is 16.5. The van der Waals surface area contributed by atoms with E-state index in [4.69, 9.17) is 46.9 Å². The van der Waals surface area contributed by atoms with Crippen molar-refractivity contribution in [3.8, 4) is 0 Å². The minimum absolute atomic E-state index is 0.160. The van der Waals surface area contributed by atoms with Crippen LogP contribution in [0.4, 0.5) is 0 Å². The number of carbonyl (C=O) groups is 4. The zero-order chi connectivity index (χ0) is 25.8. The summed E-state index contributed by atoms with van der Waals surface area (Å²) in [7, 11) is 0. The summed E-state index contributed by atoms with van der Waals surface area (Å²) in [5.41, 5.74) is -1.36. The third kappa shape index (κ3) is 6.50. The van der Waals surface area contributed by atoms with Gasteiger partial charge in [0.2, 0.25) is 11.9 Å². The molecule has 1 aliphatic rings. The van der Waals surface area contributed by atoms with Crippen molar-refractivity contribution in [1.82, 2.24) is 0 Å². The molecule has 2 aromatic rings. The molecule has 35 heavy (non-hydrogen) atoms. The number of hydrogen-bond acceptors (Lipinski definition) is 9. The topological polar surface area (TPSA) is 114 Å². The SMILES string of the molecule is CC(=O)O[C@H]1O[C@H](COC(=O)c2ccc(Cl)cc2)[C@@H](OC(=O)c2ccc(Cl)cc2)[C@@]1(C)OC(C)=O. The van der Waals surface area contributed by atoms with Gasteiger partial charge in [-0.1, -0.05) is 23.2 Å². The van der Waals surface area contributed by atoms with Gasteiger partial charge in [0.1, 0.15) is 12.7 Å². The fourth-order valence-electron chi connectivity index (χ4n) is 3.50. The first-order valence-electron chi connectivity index (χ1n) is 10.4. The van der Waals surface area contributed by atoms with Crippen molar-refractivity contribution in [1.29, 1.82) is 0 Å². The van der Waals surface area contributed by atoms with Gasteiger partial charge in [0.05, 0.1) is 11.1 Å². The molecule has 0 unspecified atom stereocenters.